The third-order valence-electron chi connectivity index (χ3n) is 5.39. The van der Waals surface area contributed by atoms with Gasteiger partial charge < -0.3 is 14.8 Å². The van der Waals surface area contributed by atoms with Crippen LogP contribution < -0.4 is 10.1 Å². The first-order valence-electron chi connectivity index (χ1n) is 10.4. The van der Waals surface area contributed by atoms with E-state index in [1.54, 1.807) is 11.8 Å². The molecule has 2 saturated heterocycles. The number of nitrogens with zero attached hydrogens (tertiary/aromatic N) is 1. The molecule has 4 nitrogen and oxygen atoms in total. The maximum atomic E-state index is 6.17. The molecule has 6 heteroatoms. The van der Waals surface area contributed by atoms with Crippen molar-refractivity contribution in [1.29, 1.82) is 0 Å². The van der Waals surface area contributed by atoms with Gasteiger partial charge in [-0.3, -0.25) is 4.90 Å². The monoisotopic (exact) mass is 430 g/mol. The number of hydrogen-bond acceptors (Lipinski definition) is 6. The predicted molar refractivity (Wildman–Crippen MR) is 123 cm³/mol. The molecule has 0 saturated carbocycles. The summed E-state index contributed by atoms with van der Waals surface area (Å²) in [7, 11) is 1.98. The van der Waals surface area contributed by atoms with E-state index in [9.17, 15) is 0 Å². The lowest BCUT2D eigenvalue weighted by Gasteiger charge is -2.24. The van der Waals surface area contributed by atoms with E-state index >= 15 is 0 Å². The lowest BCUT2D eigenvalue weighted by atomic mass is 10.0. The Kier molecular flexibility index (Phi) is 7.43. The number of fused-ring (bicyclic) bond motifs is 1. The number of aryl methyl sites for hydroxylation is 1. The molecule has 2 aromatic carbocycles. The smallest absolute Gasteiger partial charge is 0.131 e. The number of hydrogen-bond donors (Lipinski definition) is 1. The van der Waals surface area contributed by atoms with Crippen molar-refractivity contribution in [2.45, 2.75) is 41.5 Å². The molecule has 4 rings (SSSR count). The Bertz CT molecular complexity index is 800. The summed E-state index contributed by atoms with van der Waals surface area (Å²) in [4.78, 5) is 3.83. The van der Waals surface area contributed by atoms with Crippen LogP contribution in [0.2, 0.25) is 0 Å². The molecule has 29 heavy (non-hydrogen) atoms. The summed E-state index contributed by atoms with van der Waals surface area (Å²) in [6.45, 7) is 3.97. The highest BCUT2D eigenvalue weighted by molar-refractivity contribution is 8.07. The van der Waals surface area contributed by atoms with Gasteiger partial charge in [-0.25, -0.2) is 0 Å². The molecule has 2 atom stereocenters. The molecule has 156 valence electrons. The van der Waals surface area contributed by atoms with Crippen LogP contribution in [0.5, 0.6) is 11.5 Å². The number of morpholine rings is 1. The van der Waals surface area contributed by atoms with Crippen molar-refractivity contribution >= 4 is 23.5 Å². The fourth-order valence-corrected chi connectivity index (χ4v) is 5.16. The van der Waals surface area contributed by atoms with Crippen molar-refractivity contribution in [1.82, 2.24) is 10.2 Å². The van der Waals surface area contributed by atoms with Gasteiger partial charge in [0.25, 0.3) is 0 Å². The van der Waals surface area contributed by atoms with E-state index in [-0.39, 0.29) is 0 Å². The van der Waals surface area contributed by atoms with Gasteiger partial charge in [0.05, 0.1) is 12.0 Å². The van der Waals surface area contributed by atoms with Crippen molar-refractivity contribution in [3.8, 4) is 11.5 Å². The normalized spacial score (nSPS) is 21.0. The Labute approximate surface area is 182 Å². The zero-order valence-corrected chi connectivity index (χ0v) is 18.9. The number of rotatable bonds is 10. The molecule has 2 aromatic rings. The molecule has 1 N–H and O–H groups in total. The van der Waals surface area contributed by atoms with E-state index in [2.05, 4.69) is 46.8 Å². The van der Waals surface area contributed by atoms with Gasteiger partial charge in [0, 0.05) is 23.5 Å². The first kappa shape index (κ1) is 21.1. The van der Waals surface area contributed by atoms with Crippen LogP contribution in [0.25, 0.3) is 0 Å². The SMILES string of the molecule is CNCc1cc(CCCCN2CCOC3SC32)ccc1Oc1ccc(SC)cc1. The second-order valence-corrected chi connectivity index (χ2v) is 9.61. The summed E-state index contributed by atoms with van der Waals surface area (Å²) in [5, 5.41) is 3.90. The molecule has 2 unspecified atom stereocenters. The average molecular weight is 431 g/mol. The van der Waals surface area contributed by atoms with E-state index in [1.165, 1.54) is 35.4 Å². The second kappa shape index (κ2) is 10.2. The maximum absolute atomic E-state index is 6.17. The number of unbranched alkanes of at least 4 members (excludes halogenated alkanes) is 1. The Morgan fingerprint density at radius 3 is 2.86 bits per heavy atom. The van der Waals surface area contributed by atoms with Crippen molar-refractivity contribution < 1.29 is 9.47 Å². The number of nitrogens with one attached hydrogen (secondary N) is 1. The number of benzene rings is 2. The van der Waals surface area contributed by atoms with Crippen molar-refractivity contribution in [3.63, 3.8) is 0 Å². The van der Waals surface area contributed by atoms with Crippen molar-refractivity contribution in [2.75, 3.05) is 33.0 Å². The zero-order valence-electron chi connectivity index (χ0n) is 17.2. The summed E-state index contributed by atoms with van der Waals surface area (Å²) < 4.78 is 11.8. The number of thioether (sulfide) groups is 2. The largest absolute Gasteiger partial charge is 0.457 e. The van der Waals surface area contributed by atoms with E-state index < -0.39 is 0 Å². The summed E-state index contributed by atoms with van der Waals surface area (Å²) in [6, 6.07) is 14.9. The van der Waals surface area contributed by atoms with Gasteiger partial charge in [-0.2, -0.15) is 0 Å². The van der Waals surface area contributed by atoms with Crippen LogP contribution in [0.1, 0.15) is 24.0 Å². The van der Waals surface area contributed by atoms with Crippen LogP contribution in [-0.2, 0) is 17.7 Å². The molecule has 0 radical (unpaired) electrons. The van der Waals surface area contributed by atoms with Crippen molar-refractivity contribution in [3.05, 3.63) is 53.6 Å². The van der Waals surface area contributed by atoms with Crippen molar-refractivity contribution in [2.24, 2.45) is 0 Å². The predicted octanol–water partition coefficient (Wildman–Crippen LogP) is 4.97. The quantitative estimate of drug-likeness (QED) is 0.325. The molecular formula is C23H30N2O2S2. The lowest BCUT2D eigenvalue weighted by molar-refractivity contribution is 0.0324. The lowest BCUT2D eigenvalue weighted by Crippen LogP contribution is -2.37. The first-order valence-corrected chi connectivity index (χ1v) is 12.5. The Morgan fingerprint density at radius 1 is 1.21 bits per heavy atom. The third kappa shape index (κ3) is 5.70. The third-order valence-corrected chi connectivity index (χ3v) is 7.31. The highest BCUT2D eigenvalue weighted by atomic mass is 32.2. The first-order chi connectivity index (χ1) is 14.3. The molecule has 0 aromatic heterocycles. The maximum Gasteiger partial charge on any atom is 0.131 e. The standard InChI is InChI=1S/C23H30N2O2S2/c1-24-16-18-15-17(5-3-4-12-25-13-14-26-23-22(25)29-23)6-11-21(18)27-19-7-9-20(28-2)10-8-19/h6-11,15,22-24H,3-5,12-14,16H2,1-2H3. The van der Waals surface area contributed by atoms with Gasteiger partial charge in [-0.05, 0) is 75.0 Å². The molecule has 2 heterocycles. The van der Waals surface area contributed by atoms with Gasteiger partial charge >= 0.3 is 0 Å². The molecule has 0 bridgehead atoms. The fourth-order valence-electron chi connectivity index (χ4n) is 3.76. The highest BCUT2D eigenvalue weighted by Gasteiger charge is 2.46. The minimum Gasteiger partial charge on any atom is -0.457 e. The van der Waals surface area contributed by atoms with Crippen LogP contribution >= 0.6 is 23.5 Å². The van der Waals surface area contributed by atoms with Crippen LogP contribution in [0.3, 0.4) is 0 Å². The van der Waals surface area contributed by atoms with Crippen LogP contribution in [0.4, 0.5) is 0 Å². The summed E-state index contributed by atoms with van der Waals surface area (Å²) in [5.74, 6) is 1.82. The van der Waals surface area contributed by atoms with E-state index in [1.807, 2.05) is 30.9 Å². The summed E-state index contributed by atoms with van der Waals surface area (Å²) >= 11 is 3.70. The number of ether oxygens (including phenoxy) is 2. The Hall–Kier alpha value is -1.18. The molecule has 2 fully saturated rings. The molecular weight excluding hydrogens is 400 g/mol. The molecule has 0 spiro atoms. The summed E-state index contributed by atoms with van der Waals surface area (Å²) in [6.07, 6.45) is 5.66. The minimum absolute atomic E-state index is 0.456. The molecule has 0 aliphatic carbocycles. The molecule has 0 amide bonds. The van der Waals surface area contributed by atoms with E-state index in [4.69, 9.17) is 9.47 Å². The van der Waals surface area contributed by atoms with Gasteiger partial charge in [-0.15, -0.1) is 23.5 Å². The van der Waals surface area contributed by atoms with Crippen LogP contribution in [-0.4, -0.2) is 48.7 Å². The summed E-state index contributed by atoms with van der Waals surface area (Å²) in [5.41, 5.74) is 3.06. The minimum atomic E-state index is 0.456. The zero-order chi connectivity index (χ0) is 20.1. The molecule has 2 aliphatic rings. The molecule has 2 aliphatic heterocycles. The van der Waals surface area contributed by atoms with Gasteiger partial charge in [0.2, 0.25) is 0 Å². The van der Waals surface area contributed by atoms with E-state index in [0.717, 1.165) is 37.6 Å². The van der Waals surface area contributed by atoms with Gasteiger partial charge in [0.15, 0.2) is 0 Å². The fraction of sp³-hybridized carbons (Fsp3) is 0.478. The van der Waals surface area contributed by atoms with Crippen LogP contribution in [0.15, 0.2) is 47.4 Å². The highest BCUT2D eigenvalue weighted by Crippen LogP contribution is 2.46. The van der Waals surface area contributed by atoms with Gasteiger partial charge in [0.1, 0.15) is 16.9 Å². The van der Waals surface area contributed by atoms with Gasteiger partial charge in [-0.1, -0.05) is 12.1 Å². The Balaban J connectivity index is 1.31. The average Bonchev–Trinajstić information content (AvgIpc) is 3.54. The van der Waals surface area contributed by atoms with E-state index in [0.29, 0.717) is 10.8 Å². The second-order valence-electron chi connectivity index (χ2n) is 7.51. The van der Waals surface area contributed by atoms with Crippen LogP contribution in [0, 0.1) is 0 Å². The topological polar surface area (TPSA) is 33.7 Å². The Morgan fingerprint density at radius 2 is 2.07 bits per heavy atom.